The highest BCUT2D eigenvalue weighted by molar-refractivity contribution is 6.26. The van der Waals surface area contributed by atoms with Crippen molar-refractivity contribution in [2.75, 3.05) is 0 Å². The van der Waals surface area contributed by atoms with Crippen LogP contribution < -0.4 is 0 Å². The van der Waals surface area contributed by atoms with Crippen LogP contribution in [0.1, 0.15) is 34.1 Å². The summed E-state index contributed by atoms with van der Waals surface area (Å²) in [5, 5.41) is 0. The fourth-order valence-electron chi connectivity index (χ4n) is 2.81. The smallest absolute Gasteiger partial charge is 0.303 e. The maximum Gasteiger partial charge on any atom is 0.303 e. The van der Waals surface area contributed by atoms with Crippen molar-refractivity contribution in [3.05, 3.63) is 22.5 Å². The lowest BCUT2D eigenvalue weighted by Crippen LogP contribution is -2.35. The van der Waals surface area contributed by atoms with E-state index in [-0.39, 0.29) is 5.92 Å². The summed E-state index contributed by atoms with van der Waals surface area (Å²) in [5.41, 5.74) is 0.850. The van der Waals surface area contributed by atoms with Gasteiger partial charge in [0.25, 0.3) is 5.54 Å². The molecule has 0 heterocycles. The first kappa shape index (κ1) is 16.5. The Bertz CT molecular complexity index is 482. The van der Waals surface area contributed by atoms with Crippen molar-refractivity contribution >= 4 is 23.5 Å². The van der Waals surface area contributed by atoms with E-state index in [1.54, 1.807) is 6.92 Å². The maximum atomic E-state index is 11.3. The Kier molecular flexibility index (Phi) is 5.18. The third-order valence-electron chi connectivity index (χ3n) is 3.80. The molecule has 1 fully saturated rings. The topological polar surface area (TPSA) is 57.0 Å². The van der Waals surface area contributed by atoms with Gasteiger partial charge in [0.2, 0.25) is 0 Å². The van der Waals surface area contributed by atoms with E-state index in [1.807, 2.05) is 6.92 Å². The zero-order valence-electron chi connectivity index (χ0n) is 12.0. The number of esters is 2. The molecule has 1 aliphatic rings. The quantitative estimate of drug-likeness (QED) is 0.594. The van der Waals surface area contributed by atoms with Crippen LogP contribution in [0, 0.1) is 12.5 Å². The molecule has 110 valence electrons. The van der Waals surface area contributed by atoms with Crippen LogP contribution in [0.4, 0.5) is 0 Å². The molecule has 0 saturated heterocycles. The second kappa shape index (κ2) is 6.27. The van der Waals surface area contributed by atoms with Gasteiger partial charge in [-0.15, -0.1) is 0 Å². The second-order valence-electron chi connectivity index (χ2n) is 4.85. The second-order valence-corrected chi connectivity index (χ2v) is 5.07. The Morgan fingerprint density at radius 1 is 1.40 bits per heavy atom. The van der Waals surface area contributed by atoms with Gasteiger partial charge in [-0.2, -0.15) is 0 Å². The molecular formula is C14H18ClNO4. The Balaban J connectivity index is 3.32. The molecule has 0 amide bonds. The van der Waals surface area contributed by atoms with Crippen LogP contribution >= 0.6 is 11.6 Å². The van der Waals surface area contributed by atoms with Crippen LogP contribution in [0.15, 0.2) is 11.1 Å². The molecule has 1 saturated carbocycles. The van der Waals surface area contributed by atoms with E-state index in [0.29, 0.717) is 12.0 Å². The Morgan fingerprint density at radius 2 is 1.95 bits per heavy atom. The summed E-state index contributed by atoms with van der Waals surface area (Å²) >= 11 is 5.86. The van der Waals surface area contributed by atoms with Gasteiger partial charge in [0, 0.05) is 25.8 Å². The predicted octanol–water partition coefficient (Wildman–Crippen LogP) is 2.69. The van der Waals surface area contributed by atoms with Gasteiger partial charge in [0.15, 0.2) is 12.2 Å². The van der Waals surface area contributed by atoms with Gasteiger partial charge in [-0.1, -0.05) is 25.4 Å². The molecule has 1 aliphatic carbocycles. The van der Waals surface area contributed by atoms with E-state index in [9.17, 15) is 9.59 Å². The molecule has 0 spiro atoms. The monoisotopic (exact) mass is 299 g/mol. The summed E-state index contributed by atoms with van der Waals surface area (Å²) in [5.74, 6) is -1.31. The molecule has 0 unspecified atom stereocenters. The molecule has 0 radical (unpaired) electrons. The highest BCUT2D eigenvalue weighted by Crippen LogP contribution is 2.48. The summed E-state index contributed by atoms with van der Waals surface area (Å²) in [6.45, 7) is 13.7. The molecule has 0 aromatic carbocycles. The van der Waals surface area contributed by atoms with Crippen molar-refractivity contribution in [3.63, 3.8) is 0 Å². The van der Waals surface area contributed by atoms with E-state index >= 15 is 0 Å². The highest BCUT2D eigenvalue weighted by atomic mass is 35.5. The maximum absolute atomic E-state index is 11.3. The van der Waals surface area contributed by atoms with Crippen LogP contribution in [-0.4, -0.2) is 29.7 Å². The standard InChI is InChI=1S/C14H18ClNO4/c1-6-14(16-5)8(2)12(19-9(3)17)13(11(14)7-15)20-10(4)18/h7-8,12-13H,6H2,1-4H3/b11-7-/t8-,12+,13-,14-/m0/s1. The lowest BCUT2D eigenvalue weighted by atomic mass is 9.83. The fraction of sp³-hybridized carbons (Fsp3) is 0.643. The van der Waals surface area contributed by atoms with Gasteiger partial charge >= 0.3 is 11.9 Å². The Hall–Kier alpha value is -1.54. The molecule has 0 aliphatic heterocycles. The van der Waals surface area contributed by atoms with Gasteiger partial charge in [0.1, 0.15) is 0 Å². The number of carbonyl (C=O) groups is 2. The molecule has 0 aromatic heterocycles. The molecule has 6 heteroatoms. The molecule has 5 nitrogen and oxygen atoms in total. The van der Waals surface area contributed by atoms with E-state index in [0.717, 1.165) is 0 Å². The molecule has 0 bridgehead atoms. The number of halogens is 1. The minimum atomic E-state index is -0.915. The summed E-state index contributed by atoms with van der Waals surface area (Å²) < 4.78 is 10.5. The Morgan fingerprint density at radius 3 is 2.30 bits per heavy atom. The van der Waals surface area contributed by atoms with Gasteiger partial charge in [-0.25, -0.2) is 6.57 Å². The molecule has 4 atom stereocenters. The van der Waals surface area contributed by atoms with E-state index < -0.39 is 29.7 Å². The summed E-state index contributed by atoms with van der Waals surface area (Å²) in [6, 6.07) is 0. The fourth-order valence-corrected chi connectivity index (χ4v) is 3.13. The number of rotatable bonds is 3. The summed E-state index contributed by atoms with van der Waals surface area (Å²) in [7, 11) is 0. The average molecular weight is 300 g/mol. The van der Waals surface area contributed by atoms with Crippen molar-refractivity contribution in [1.29, 1.82) is 0 Å². The molecular weight excluding hydrogens is 282 g/mol. The van der Waals surface area contributed by atoms with Crippen LogP contribution in [0.5, 0.6) is 0 Å². The first-order valence-corrected chi connectivity index (χ1v) is 6.81. The lowest BCUT2D eigenvalue weighted by molar-refractivity contribution is -0.162. The van der Waals surface area contributed by atoms with Crippen LogP contribution in [0.25, 0.3) is 4.85 Å². The van der Waals surface area contributed by atoms with Crippen molar-refractivity contribution < 1.29 is 19.1 Å². The van der Waals surface area contributed by atoms with Crippen molar-refractivity contribution in [3.8, 4) is 0 Å². The largest absolute Gasteiger partial charge is 0.458 e. The number of nitrogens with zero attached hydrogens (tertiary/aromatic N) is 1. The molecule has 1 rings (SSSR count). The van der Waals surface area contributed by atoms with Crippen molar-refractivity contribution in [2.24, 2.45) is 5.92 Å². The third-order valence-corrected chi connectivity index (χ3v) is 4.04. The van der Waals surface area contributed by atoms with Crippen LogP contribution in [0.2, 0.25) is 0 Å². The van der Waals surface area contributed by atoms with Gasteiger partial charge in [0.05, 0.1) is 11.5 Å². The lowest BCUT2D eigenvalue weighted by Gasteiger charge is -2.22. The van der Waals surface area contributed by atoms with E-state index in [4.69, 9.17) is 27.6 Å². The summed E-state index contributed by atoms with van der Waals surface area (Å²) in [4.78, 5) is 26.2. The first-order chi connectivity index (χ1) is 9.33. The van der Waals surface area contributed by atoms with Gasteiger partial charge in [-0.05, 0) is 0 Å². The molecule has 0 N–H and O–H groups in total. The molecule has 20 heavy (non-hydrogen) atoms. The van der Waals surface area contributed by atoms with Gasteiger partial charge < -0.3 is 14.3 Å². The number of hydrogen-bond acceptors (Lipinski definition) is 4. The average Bonchev–Trinajstić information content (AvgIpc) is 2.59. The minimum Gasteiger partial charge on any atom is -0.458 e. The Labute approximate surface area is 123 Å². The third kappa shape index (κ3) is 2.66. The zero-order chi connectivity index (χ0) is 15.5. The van der Waals surface area contributed by atoms with Crippen LogP contribution in [-0.2, 0) is 19.1 Å². The highest BCUT2D eigenvalue weighted by Gasteiger charge is 2.63. The van der Waals surface area contributed by atoms with Crippen molar-refractivity contribution in [1.82, 2.24) is 0 Å². The SMILES string of the molecule is [C-]#[N+][C@]1(CC)/C(=C\Cl)[C@H](OC(C)=O)[C@H](OC(C)=O)[C@@H]1C. The zero-order valence-corrected chi connectivity index (χ0v) is 12.7. The molecule has 0 aromatic rings. The number of ether oxygens (including phenoxy) is 2. The number of hydrogen-bond donors (Lipinski definition) is 0. The van der Waals surface area contributed by atoms with Crippen LogP contribution in [0.3, 0.4) is 0 Å². The van der Waals surface area contributed by atoms with E-state index in [2.05, 4.69) is 4.85 Å². The summed E-state index contributed by atoms with van der Waals surface area (Å²) in [6.07, 6.45) is -1.01. The number of carbonyl (C=O) groups excluding carboxylic acids is 2. The predicted molar refractivity (Wildman–Crippen MR) is 73.8 cm³/mol. The van der Waals surface area contributed by atoms with E-state index in [1.165, 1.54) is 19.4 Å². The van der Waals surface area contributed by atoms with Crippen molar-refractivity contribution in [2.45, 2.75) is 51.9 Å². The minimum absolute atomic E-state index is 0.316. The normalized spacial score (nSPS) is 34.6. The van der Waals surface area contributed by atoms with Gasteiger partial charge in [-0.3, -0.25) is 9.59 Å². The first-order valence-electron chi connectivity index (χ1n) is 6.37.